The molecule has 1 saturated carbocycles. The summed E-state index contributed by atoms with van der Waals surface area (Å²) in [4.78, 5) is 20.6. The summed E-state index contributed by atoms with van der Waals surface area (Å²) in [7, 11) is 0. The van der Waals surface area contributed by atoms with E-state index in [1.165, 1.54) is 45.3 Å². The first-order chi connectivity index (χ1) is 12.2. The monoisotopic (exact) mass is 338 g/mol. The average molecular weight is 338 g/mol. The SMILES string of the molecule is Cc1cc(C)nc(Nc2cncc(C3CCN(CC4CC4)CC3)n2)n1. The van der Waals surface area contributed by atoms with Crippen molar-refractivity contribution in [2.24, 2.45) is 5.92 Å². The van der Waals surface area contributed by atoms with Gasteiger partial charge in [0.25, 0.3) is 0 Å². The molecule has 0 radical (unpaired) electrons. The molecule has 0 atom stereocenters. The van der Waals surface area contributed by atoms with Crippen LogP contribution in [0.3, 0.4) is 0 Å². The fourth-order valence-electron chi connectivity index (χ4n) is 3.61. The number of hydrogen-bond donors (Lipinski definition) is 1. The second kappa shape index (κ2) is 7.04. The Labute approximate surface area is 149 Å². The molecule has 1 aliphatic heterocycles. The number of nitrogens with zero attached hydrogens (tertiary/aromatic N) is 5. The molecule has 6 heteroatoms. The van der Waals surface area contributed by atoms with E-state index in [2.05, 4.69) is 25.2 Å². The van der Waals surface area contributed by atoms with Gasteiger partial charge in [-0.25, -0.2) is 15.0 Å². The third kappa shape index (κ3) is 4.31. The standard InChI is InChI=1S/C19H26N6/c1-13-9-14(2)22-19(21-13)24-18-11-20-10-17(23-18)16-5-7-25(8-6-16)12-15-3-4-15/h9-11,15-16H,3-8,12H2,1-2H3,(H,21,22,23,24). The molecule has 1 N–H and O–H groups in total. The predicted octanol–water partition coefficient (Wildman–Crippen LogP) is 3.22. The van der Waals surface area contributed by atoms with Crippen molar-refractivity contribution in [3.05, 3.63) is 35.5 Å². The van der Waals surface area contributed by atoms with Crippen LogP contribution >= 0.6 is 0 Å². The topological polar surface area (TPSA) is 66.8 Å². The summed E-state index contributed by atoms with van der Waals surface area (Å²) < 4.78 is 0. The number of hydrogen-bond acceptors (Lipinski definition) is 6. The summed E-state index contributed by atoms with van der Waals surface area (Å²) >= 11 is 0. The third-order valence-corrected chi connectivity index (χ3v) is 5.09. The van der Waals surface area contributed by atoms with Crippen LogP contribution in [-0.2, 0) is 0 Å². The van der Waals surface area contributed by atoms with E-state index in [0.29, 0.717) is 11.9 Å². The van der Waals surface area contributed by atoms with Gasteiger partial charge in [0.05, 0.1) is 11.9 Å². The van der Waals surface area contributed by atoms with Crippen LogP contribution in [0.15, 0.2) is 18.5 Å². The molecule has 1 aliphatic carbocycles. The molecule has 2 aromatic rings. The zero-order chi connectivity index (χ0) is 17.2. The number of nitrogens with one attached hydrogen (secondary N) is 1. The Balaban J connectivity index is 1.41. The van der Waals surface area contributed by atoms with E-state index in [1.807, 2.05) is 26.1 Å². The zero-order valence-electron chi connectivity index (χ0n) is 15.1. The highest BCUT2D eigenvalue weighted by Crippen LogP contribution is 2.33. The Morgan fingerprint density at radius 1 is 1.00 bits per heavy atom. The van der Waals surface area contributed by atoms with Crippen LogP contribution in [0.4, 0.5) is 11.8 Å². The normalized spacial score (nSPS) is 19.1. The number of piperidine rings is 1. The molecule has 4 rings (SSSR count). The molecule has 132 valence electrons. The van der Waals surface area contributed by atoms with Gasteiger partial charge in [0.15, 0.2) is 5.82 Å². The van der Waals surface area contributed by atoms with Crippen molar-refractivity contribution in [1.29, 1.82) is 0 Å². The highest BCUT2D eigenvalue weighted by Gasteiger charge is 2.28. The Kier molecular flexibility index (Phi) is 4.61. The van der Waals surface area contributed by atoms with Crippen molar-refractivity contribution in [2.45, 2.75) is 45.4 Å². The van der Waals surface area contributed by atoms with E-state index >= 15 is 0 Å². The van der Waals surface area contributed by atoms with Crippen molar-refractivity contribution in [3.63, 3.8) is 0 Å². The van der Waals surface area contributed by atoms with E-state index in [1.54, 1.807) is 6.20 Å². The zero-order valence-corrected chi connectivity index (χ0v) is 15.1. The molecule has 2 aliphatic rings. The van der Waals surface area contributed by atoms with Gasteiger partial charge in [-0.15, -0.1) is 0 Å². The van der Waals surface area contributed by atoms with Crippen LogP contribution in [-0.4, -0.2) is 44.5 Å². The van der Waals surface area contributed by atoms with Crippen molar-refractivity contribution >= 4 is 11.8 Å². The lowest BCUT2D eigenvalue weighted by molar-refractivity contribution is 0.203. The lowest BCUT2D eigenvalue weighted by Crippen LogP contribution is -2.34. The minimum absolute atomic E-state index is 0.505. The molecule has 0 aromatic carbocycles. The fourth-order valence-corrected chi connectivity index (χ4v) is 3.61. The minimum Gasteiger partial charge on any atom is -0.307 e. The summed E-state index contributed by atoms with van der Waals surface area (Å²) in [6.07, 6.45) is 8.86. The fraction of sp³-hybridized carbons (Fsp3) is 0.579. The van der Waals surface area contributed by atoms with Crippen LogP contribution in [0.1, 0.15) is 48.7 Å². The second-order valence-corrected chi connectivity index (χ2v) is 7.45. The number of aromatic nitrogens is 4. The minimum atomic E-state index is 0.505. The Hall–Kier alpha value is -2.08. The maximum absolute atomic E-state index is 4.78. The maximum atomic E-state index is 4.78. The van der Waals surface area contributed by atoms with Gasteiger partial charge in [-0.3, -0.25) is 4.98 Å². The maximum Gasteiger partial charge on any atom is 0.228 e. The molecule has 0 amide bonds. The summed E-state index contributed by atoms with van der Waals surface area (Å²) in [5.41, 5.74) is 2.98. The molecular formula is C19H26N6. The molecule has 6 nitrogen and oxygen atoms in total. The molecular weight excluding hydrogens is 312 g/mol. The number of rotatable bonds is 5. The van der Waals surface area contributed by atoms with Gasteiger partial charge in [0.1, 0.15) is 0 Å². The predicted molar refractivity (Wildman–Crippen MR) is 98.0 cm³/mol. The smallest absolute Gasteiger partial charge is 0.228 e. The van der Waals surface area contributed by atoms with E-state index in [0.717, 1.165) is 28.8 Å². The molecule has 2 aromatic heterocycles. The first-order valence-corrected chi connectivity index (χ1v) is 9.29. The van der Waals surface area contributed by atoms with E-state index < -0.39 is 0 Å². The van der Waals surface area contributed by atoms with Crippen molar-refractivity contribution in [1.82, 2.24) is 24.8 Å². The van der Waals surface area contributed by atoms with Crippen LogP contribution in [0.2, 0.25) is 0 Å². The average Bonchev–Trinajstić information content (AvgIpc) is 3.39. The molecule has 2 fully saturated rings. The van der Waals surface area contributed by atoms with Crippen molar-refractivity contribution < 1.29 is 0 Å². The van der Waals surface area contributed by atoms with Gasteiger partial charge in [-0.05, 0) is 64.6 Å². The largest absolute Gasteiger partial charge is 0.307 e. The van der Waals surface area contributed by atoms with Crippen LogP contribution in [0.25, 0.3) is 0 Å². The number of aryl methyl sites for hydroxylation is 2. The molecule has 0 bridgehead atoms. The quantitative estimate of drug-likeness (QED) is 0.903. The summed E-state index contributed by atoms with van der Waals surface area (Å²) in [5, 5.41) is 3.20. The molecule has 25 heavy (non-hydrogen) atoms. The lowest BCUT2D eigenvalue weighted by atomic mass is 9.93. The van der Waals surface area contributed by atoms with Gasteiger partial charge in [0, 0.05) is 30.0 Å². The van der Waals surface area contributed by atoms with Gasteiger partial charge in [-0.2, -0.15) is 0 Å². The molecule has 3 heterocycles. The van der Waals surface area contributed by atoms with Crippen LogP contribution in [0.5, 0.6) is 0 Å². The highest BCUT2D eigenvalue weighted by molar-refractivity contribution is 5.46. The van der Waals surface area contributed by atoms with Gasteiger partial charge in [-0.1, -0.05) is 0 Å². The molecule has 0 spiro atoms. The summed E-state index contributed by atoms with van der Waals surface area (Å²) in [5.74, 6) is 2.79. The van der Waals surface area contributed by atoms with Crippen LogP contribution in [0, 0.1) is 19.8 Å². The summed E-state index contributed by atoms with van der Waals surface area (Å²) in [6.45, 7) is 7.60. The second-order valence-electron chi connectivity index (χ2n) is 7.45. The van der Waals surface area contributed by atoms with Crippen molar-refractivity contribution in [2.75, 3.05) is 25.0 Å². The Bertz CT molecular complexity index is 714. The Morgan fingerprint density at radius 2 is 1.72 bits per heavy atom. The van der Waals surface area contributed by atoms with Gasteiger partial charge >= 0.3 is 0 Å². The lowest BCUT2D eigenvalue weighted by Gasteiger charge is -2.31. The van der Waals surface area contributed by atoms with Crippen molar-refractivity contribution in [3.8, 4) is 0 Å². The first kappa shape index (κ1) is 16.4. The van der Waals surface area contributed by atoms with E-state index in [9.17, 15) is 0 Å². The molecule has 0 unspecified atom stereocenters. The van der Waals surface area contributed by atoms with Gasteiger partial charge in [0.2, 0.25) is 5.95 Å². The Morgan fingerprint density at radius 3 is 2.40 bits per heavy atom. The number of likely N-dealkylation sites (tertiary alicyclic amines) is 1. The summed E-state index contributed by atoms with van der Waals surface area (Å²) in [6, 6.07) is 1.96. The molecule has 1 saturated heterocycles. The number of anilines is 2. The van der Waals surface area contributed by atoms with E-state index in [4.69, 9.17) is 4.98 Å². The van der Waals surface area contributed by atoms with E-state index in [-0.39, 0.29) is 0 Å². The van der Waals surface area contributed by atoms with Crippen LogP contribution < -0.4 is 5.32 Å². The third-order valence-electron chi connectivity index (χ3n) is 5.09. The highest BCUT2D eigenvalue weighted by atomic mass is 15.2. The first-order valence-electron chi connectivity index (χ1n) is 9.29. The van der Waals surface area contributed by atoms with Gasteiger partial charge < -0.3 is 10.2 Å².